The van der Waals surface area contributed by atoms with Gasteiger partial charge in [0, 0.05) is 24.1 Å². The van der Waals surface area contributed by atoms with E-state index in [1.54, 1.807) is 34.2 Å². The topological polar surface area (TPSA) is 69.1 Å². The predicted octanol–water partition coefficient (Wildman–Crippen LogP) is 2.01. The molecule has 0 unspecified atom stereocenters. The summed E-state index contributed by atoms with van der Waals surface area (Å²) in [5.74, 6) is 1.05. The largest absolute Gasteiger partial charge is 0.385 e. The molecule has 86 valence electrons. The molecule has 0 spiro atoms. The number of hydrogen-bond donors (Lipinski definition) is 1. The Balaban J connectivity index is 2.12. The summed E-state index contributed by atoms with van der Waals surface area (Å²) in [6, 6.07) is 1.61. The van der Waals surface area contributed by atoms with Crippen molar-refractivity contribution in [1.82, 2.24) is 19.4 Å². The minimum atomic E-state index is 0.349. The summed E-state index contributed by atoms with van der Waals surface area (Å²) in [6.45, 7) is 0. The Labute approximate surface area is 106 Å². The van der Waals surface area contributed by atoms with Crippen LogP contribution in [0.15, 0.2) is 23.8 Å². The third-order valence-electron chi connectivity index (χ3n) is 2.36. The van der Waals surface area contributed by atoms with Gasteiger partial charge in [-0.05, 0) is 0 Å². The highest BCUT2D eigenvalue weighted by Crippen LogP contribution is 2.18. The van der Waals surface area contributed by atoms with E-state index in [9.17, 15) is 0 Å². The van der Waals surface area contributed by atoms with Crippen LogP contribution in [0.25, 0.3) is 5.78 Å². The molecular weight excluding hydrogens is 258 g/mol. The van der Waals surface area contributed by atoms with Crippen molar-refractivity contribution in [1.29, 1.82) is 0 Å². The van der Waals surface area contributed by atoms with E-state index in [1.807, 2.05) is 5.38 Å². The van der Waals surface area contributed by atoms with Crippen molar-refractivity contribution in [2.24, 2.45) is 0 Å². The second kappa shape index (κ2) is 3.97. The first kappa shape index (κ1) is 10.5. The Kier molecular flexibility index (Phi) is 2.45. The van der Waals surface area contributed by atoms with E-state index in [0.29, 0.717) is 23.2 Å². The van der Waals surface area contributed by atoms with E-state index >= 15 is 0 Å². The molecule has 0 bridgehead atoms. The minimum Gasteiger partial charge on any atom is -0.385 e. The molecular formula is C10H8ClN5S. The summed E-state index contributed by atoms with van der Waals surface area (Å²) in [5.41, 5.74) is 6.87. The summed E-state index contributed by atoms with van der Waals surface area (Å²) in [5, 5.41) is 3.30. The number of nitrogen functional groups attached to an aromatic ring is 1. The molecule has 3 heterocycles. The summed E-state index contributed by atoms with van der Waals surface area (Å²) in [7, 11) is 0. The van der Waals surface area contributed by atoms with Crippen LogP contribution in [0.2, 0.25) is 5.15 Å². The fourth-order valence-electron chi connectivity index (χ4n) is 1.67. The number of thiazole rings is 1. The lowest BCUT2D eigenvalue weighted by molar-refractivity contribution is 1.00. The summed E-state index contributed by atoms with van der Waals surface area (Å²) >= 11 is 7.42. The van der Waals surface area contributed by atoms with E-state index in [4.69, 9.17) is 17.3 Å². The molecule has 0 fully saturated rings. The second-order valence-corrected chi connectivity index (χ2v) is 4.86. The van der Waals surface area contributed by atoms with Gasteiger partial charge in [-0.25, -0.2) is 15.0 Å². The first-order valence-corrected chi connectivity index (χ1v) is 6.16. The minimum absolute atomic E-state index is 0.349. The Morgan fingerprint density at radius 3 is 3.06 bits per heavy atom. The summed E-state index contributed by atoms with van der Waals surface area (Å²) in [4.78, 5) is 12.5. The highest BCUT2D eigenvalue weighted by atomic mass is 35.5. The van der Waals surface area contributed by atoms with Crippen LogP contribution in [0.3, 0.4) is 0 Å². The molecule has 3 rings (SSSR count). The van der Waals surface area contributed by atoms with Crippen molar-refractivity contribution < 1.29 is 0 Å². The van der Waals surface area contributed by atoms with Crippen molar-refractivity contribution in [3.8, 4) is 0 Å². The molecule has 3 aromatic rings. The number of fused-ring (bicyclic) bond motifs is 1. The van der Waals surface area contributed by atoms with Crippen LogP contribution in [0.4, 0.5) is 5.82 Å². The zero-order chi connectivity index (χ0) is 11.8. The van der Waals surface area contributed by atoms with E-state index < -0.39 is 0 Å². The third kappa shape index (κ3) is 1.85. The maximum absolute atomic E-state index is 5.91. The molecule has 0 aromatic carbocycles. The number of nitrogens with two attached hydrogens (primary N) is 1. The van der Waals surface area contributed by atoms with Crippen LogP contribution in [0.1, 0.15) is 10.7 Å². The summed E-state index contributed by atoms with van der Waals surface area (Å²) < 4.78 is 1.78. The molecule has 17 heavy (non-hydrogen) atoms. The molecule has 0 aliphatic rings. The number of anilines is 1. The smallest absolute Gasteiger partial charge is 0.237 e. The van der Waals surface area contributed by atoms with Crippen LogP contribution >= 0.6 is 22.9 Å². The van der Waals surface area contributed by atoms with Gasteiger partial charge in [-0.3, -0.25) is 4.40 Å². The average Bonchev–Trinajstić information content (AvgIpc) is 2.88. The van der Waals surface area contributed by atoms with Gasteiger partial charge in [0.05, 0.1) is 16.9 Å². The van der Waals surface area contributed by atoms with Gasteiger partial charge in [0.25, 0.3) is 0 Å². The van der Waals surface area contributed by atoms with Crippen LogP contribution in [-0.2, 0) is 6.42 Å². The van der Waals surface area contributed by atoms with Gasteiger partial charge in [-0.1, -0.05) is 11.6 Å². The third-order valence-corrected chi connectivity index (χ3v) is 3.34. The zero-order valence-corrected chi connectivity index (χ0v) is 10.2. The number of nitrogens with zero attached hydrogens (tertiary/aromatic N) is 4. The van der Waals surface area contributed by atoms with Gasteiger partial charge in [-0.15, -0.1) is 11.3 Å². The van der Waals surface area contributed by atoms with Crippen molar-refractivity contribution in [3.63, 3.8) is 0 Å². The van der Waals surface area contributed by atoms with Crippen LogP contribution in [0, 0.1) is 0 Å². The van der Waals surface area contributed by atoms with E-state index in [1.165, 1.54) is 0 Å². The van der Waals surface area contributed by atoms with Gasteiger partial charge in [0.1, 0.15) is 11.0 Å². The normalized spacial score (nSPS) is 11.1. The lowest BCUT2D eigenvalue weighted by atomic mass is 10.3. The highest BCUT2D eigenvalue weighted by Gasteiger charge is 2.10. The van der Waals surface area contributed by atoms with E-state index in [2.05, 4.69) is 15.0 Å². The average molecular weight is 266 g/mol. The van der Waals surface area contributed by atoms with Gasteiger partial charge in [-0.2, -0.15) is 0 Å². The Bertz CT molecular complexity index is 661. The summed E-state index contributed by atoms with van der Waals surface area (Å²) in [6.07, 6.45) is 4.21. The quantitative estimate of drug-likeness (QED) is 0.720. The van der Waals surface area contributed by atoms with Crippen molar-refractivity contribution in [2.45, 2.75) is 6.42 Å². The first-order chi connectivity index (χ1) is 8.24. The fraction of sp³-hybridized carbons (Fsp3) is 0.100. The standard InChI is InChI=1S/C10H8ClN5S/c11-7-4-8(12)16-6(5-14-10(16)15-7)3-9-13-1-2-17-9/h1-2,4-5H,3,12H2. The molecule has 5 nitrogen and oxygen atoms in total. The maximum Gasteiger partial charge on any atom is 0.237 e. The molecule has 0 atom stereocenters. The van der Waals surface area contributed by atoms with Gasteiger partial charge >= 0.3 is 0 Å². The number of aromatic nitrogens is 4. The molecule has 3 aromatic heterocycles. The Morgan fingerprint density at radius 1 is 1.41 bits per heavy atom. The number of rotatable bonds is 2. The number of imidazole rings is 1. The van der Waals surface area contributed by atoms with E-state index in [0.717, 1.165) is 10.7 Å². The highest BCUT2D eigenvalue weighted by molar-refractivity contribution is 7.09. The maximum atomic E-state index is 5.91. The molecule has 0 radical (unpaired) electrons. The van der Waals surface area contributed by atoms with Crippen molar-refractivity contribution in [2.75, 3.05) is 5.73 Å². The fourth-order valence-corrected chi connectivity index (χ4v) is 2.49. The Hall–Kier alpha value is -1.66. The van der Waals surface area contributed by atoms with Gasteiger partial charge < -0.3 is 5.73 Å². The zero-order valence-electron chi connectivity index (χ0n) is 8.67. The molecule has 2 N–H and O–H groups in total. The predicted molar refractivity (Wildman–Crippen MR) is 67.3 cm³/mol. The first-order valence-electron chi connectivity index (χ1n) is 4.91. The number of hydrogen-bond acceptors (Lipinski definition) is 5. The molecule has 0 saturated heterocycles. The molecule has 0 aliphatic carbocycles. The Morgan fingerprint density at radius 2 is 2.29 bits per heavy atom. The van der Waals surface area contributed by atoms with Crippen LogP contribution in [-0.4, -0.2) is 19.4 Å². The number of halogens is 1. The molecule has 0 amide bonds. The van der Waals surface area contributed by atoms with Crippen molar-refractivity contribution >= 4 is 34.5 Å². The van der Waals surface area contributed by atoms with Crippen LogP contribution < -0.4 is 5.73 Å². The second-order valence-electron chi connectivity index (χ2n) is 3.49. The van der Waals surface area contributed by atoms with Gasteiger partial charge in [0.15, 0.2) is 0 Å². The monoisotopic (exact) mass is 265 g/mol. The molecule has 0 saturated carbocycles. The van der Waals surface area contributed by atoms with Crippen molar-refractivity contribution in [3.05, 3.63) is 39.7 Å². The molecule has 7 heteroatoms. The van der Waals surface area contributed by atoms with Crippen LogP contribution in [0.5, 0.6) is 0 Å². The van der Waals surface area contributed by atoms with E-state index in [-0.39, 0.29) is 0 Å². The molecule has 0 aliphatic heterocycles. The SMILES string of the molecule is Nc1cc(Cl)nc2ncc(Cc3nccs3)n12. The lowest BCUT2D eigenvalue weighted by Gasteiger charge is -2.03. The lowest BCUT2D eigenvalue weighted by Crippen LogP contribution is -2.02. The van der Waals surface area contributed by atoms with Gasteiger partial charge in [0.2, 0.25) is 5.78 Å².